The van der Waals surface area contributed by atoms with Crippen LogP contribution in [0.5, 0.6) is 0 Å². The molecule has 1 aromatic heterocycles. The number of nitrogens with zero attached hydrogens (tertiary/aromatic N) is 1. The monoisotopic (exact) mass is 552 g/mol. The zero-order valence-corrected chi connectivity index (χ0v) is 19.0. The molecule has 0 spiro atoms. The molecule has 0 aromatic carbocycles. The molecule has 0 amide bonds. The van der Waals surface area contributed by atoms with Gasteiger partial charge in [0.2, 0.25) is 0 Å². The lowest BCUT2D eigenvalue weighted by molar-refractivity contribution is 0.299. The Bertz CT molecular complexity index is 696. The fourth-order valence-corrected chi connectivity index (χ4v) is 6.73. The molecule has 2 rings (SSSR count). The van der Waals surface area contributed by atoms with Gasteiger partial charge in [0.1, 0.15) is 0 Å². The molecule has 0 saturated heterocycles. The summed E-state index contributed by atoms with van der Waals surface area (Å²) in [6, 6.07) is 1.20. The highest BCUT2D eigenvalue weighted by Crippen LogP contribution is 2.79. The Kier molecular flexibility index (Phi) is 5.86. The highest BCUT2D eigenvalue weighted by molar-refractivity contribution is 6.80. The van der Waals surface area contributed by atoms with Gasteiger partial charge in [0.25, 0.3) is 0 Å². The second-order valence-corrected chi connectivity index (χ2v) is 12.0. The number of aromatic nitrogens is 2. The fourth-order valence-electron chi connectivity index (χ4n) is 2.13. The van der Waals surface area contributed by atoms with Crippen LogP contribution in [0.3, 0.4) is 0 Å². The van der Waals surface area contributed by atoms with E-state index in [0.717, 1.165) is 6.20 Å². The Labute approximate surface area is 191 Å². The van der Waals surface area contributed by atoms with Crippen molar-refractivity contribution in [3.8, 4) is 0 Å². The molecule has 3 nitrogen and oxygen atoms in total. The molecule has 0 radical (unpaired) electrons. The van der Waals surface area contributed by atoms with Crippen molar-refractivity contribution in [2.45, 2.75) is 26.5 Å². The maximum atomic E-state index is 11.6. The third-order valence-corrected chi connectivity index (χ3v) is 11.9. The van der Waals surface area contributed by atoms with Crippen molar-refractivity contribution in [2.24, 2.45) is 0 Å². The summed E-state index contributed by atoms with van der Waals surface area (Å²) in [4.78, 5) is 14.9. The smallest absolute Gasteiger partial charge is 0.308 e. The van der Waals surface area contributed by atoms with E-state index < -0.39 is 32.2 Å². The summed E-state index contributed by atoms with van der Waals surface area (Å²) in [5.41, 5.74) is -1.04. The van der Waals surface area contributed by atoms with Crippen molar-refractivity contribution in [2.75, 3.05) is 0 Å². The van der Waals surface area contributed by atoms with Crippen LogP contribution < -0.4 is 5.69 Å². The number of nitrogens with one attached hydrogen (secondary N) is 1. The van der Waals surface area contributed by atoms with E-state index >= 15 is 0 Å². The number of alkyl halides is 11. The normalized spacial score (nSPS) is 28.3. The Hall–Kier alpha value is 2.07. The summed E-state index contributed by atoms with van der Waals surface area (Å²) in [6.07, 6.45) is 1.09. The molecule has 1 aliphatic rings. The molecule has 14 heteroatoms. The zero-order valence-electron chi connectivity index (χ0n) is 10.7. The number of rotatable bonds is 1. The fraction of sp³-hybridized carbons (Fsp3) is 0.600. The number of H-pyrrole nitrogens is 1. The summed E-state index contributed by atoms with van der Waals surface area (Å²) < 4.78 is -12.5. The lowest BCUT2D eigenvalue weighted by Gasteiger charge is -2.62. The summed E-state index contributed by atoms with van der Waals surface area (Å²) in [6.45, 7) is 0. The van der Waals surface area contributed by atoms with Gasteiger partial charge in [-0.1, -0.05) is 116 Å². The molecule has 0 aliphatic heterocycles. The third-order valence-electron chi connectivity index (χ3n) is 3.49. The molecular weight excluding hydrogens is 554 g/mol. The maximum Gasteiger partial charge on any atom is 0.345 e. The number of hydrogen-bond acceptors (Lipinski definition) is 2. The van der Waals surface area contributed by atoms with Gasteiger partial charge in [-0.25, -0.2) is 9.78 Å². The molecule has 1 saturated carbocycles. The van der Waals surface area contributed by atoms with Gasteiger partial charge in [0.15, 0.2) is 26.5 Å². The van der Waals surface area contributed by atoms with Crippen LogP contribution in [0.4, 0.5) is 0 Å². The first kappa shape index (κ1) is 22.4. The third kappa shape index (κ3) is 2.47. The van der Waals surface area contributed by atoms with Gasteiger partial charge in [0, 0.05) is 11.9 Å². The number of aromatic amines is 1. The predicted molar refractivity (Wildman–Crippen MR) is 105 cm³/mol. The molecule has 1 heterocycles. The van der Waals surface area contributed by atoms with Crippen LogP contribution in [0.15, 0.2) is 17.1 Å². The first-order valence-corrected chi connectivity index (χ1v) is 9.79. The molecule has 1 aromatic rings. The van der Waals surface area contributed by atoms with Crippen LogP contribution in [-0.4, -0.2) is 31.6 Å². The Morgan fingerprint density at radius 3 is 1.46 bits per heavy atom. The van der Waals surface area contributed by atoms with Gasteiger partial charge in [-0.2, -0.15) is 0 Å². The van der Waals surface area contributed by atoms with Gasteiger partial charge < -0.3 is 4.98 Å². The van der Waals surface area contributed by atoms with E-state index in [4.69, 9.17) is 128 Å². The first-order chi connectivity index (χ1) is 10.5. The van der Waals surface area contributed by atoms with Gasteiger partial charge in [-0.05, 0) is 6.07 Å². The molecule has 0 bridgehead atoms. The van der Waals surface area contributed by atoms with Crippen LogP contribution >= 0.6 is 128 Å². The standard InChI is InChI=1S/C10H3Cl11N2O/c11-5(3-1-2-22-4(24)23-3)6(12,13)8(16,17)10(20,21)9(18,19)7(5,14)15/h1-2H,(H,22,23,24). The van der Waals surface area contributed by atoms with Crippen molar-refractivity contribution < 1.29 is 0 Å². The zero-order chi connectivity index (χ0) is 19.0. The van der Waals surface area contributed by atoms with Gasteiger partial charge in [0.05, 0.1) is 0 Å². The molecule has 1 N–H and O–H groups in total. The molecule has 0 atom stereocenters. The summed E-state index contributed by atoms with van der Waals surface area (Å²) in [7, 11) is 0. The second-order valence-electron chi connectivity index (χ2n) is 4.82. The number of halogens is 11. The highest BCUT2D eigenvalue weighted by Gasteiger charge is 2.88. The van der Waals surface area contributed by atoms with E-state index in [9.17, 15) is 4.79 Å². The largest absolute Gasteiger partial charge is 0.345 e. The summed E-state index contributed by atoms with van der Waals surface area (Å²) in [5.74, 6) is 0. The first-order valence-electron chi connectivity index (χ1n) is 5.64. The van der Waals surface area contributed by atoms with Crippen LogP contribution in [0, 0.1) is 0 Å². The van der Waals surface area contributed by atoms with E-state index in [-0.39, 0.29) is 5.69 Å². The van der Waals surface area contributed by atoms with Crippen LogP contribution in [0.25, 0.3) is 0 Å². The quantitative estimate of drug-likeness (QED) is 0.426. The number of hydrogen-bond donors (Lipinski definition) is 1. The van der Waals surface area contributed by atoms with E-state index in [2.05, 4.69) is 9.97 Å². The maximum absolute atomic E-state index is 11.6. The molecule has 24 heavy (non-hydrogen) atoms. The Morgan fingerprint density at radius 1 is 0.708 bits per heavy atom. The molecular formula is C10H3Cl11N2O. The topological polar surface area (TPSA) is 45.8 Å². The van der Waals surface area contributed by atoms with Crippen LogP contribution in [0.1, 0.15) is 5.69 Å². The molecule has 0 unspecified atom stereocenters. The van der Waals surface area contributed by atoms with Crippen LogP contribution in [0.2, 0.25) is 0 Å². The minimum absolute atomic E-state index is 0.223. The average Bonchev–Trinajstić information content (AvgIpc) is 2.44. The summed E-state index contributed by atoms with van der Waals surface area (Å²) in [5, 5.41) is 0. The van der Waals surface area contributed by atoms with Gasteiger partial charge >= 0.3 is 5.69 Å². The van der Waals surface area contributed by atoms with Crippen molar-refractivity contribution in [3.63, 3.8) is 0 Å². The minimum atomic E-state index is -2.51. The Balaban J connectivity index is 2.96. The van der Waals surface area contributed by atoms with E-state index in [0.29, 0.717) is 0 Å². The van der Waals surface area contributed by atoms with Crippen molar-refractivity contribution in [3.05, 3.63) is 28.4 Å². The minimum Gasteiger partial charge on any atom is -0.308 e. The summed E-state index contributed by atoms with van der Waals surface area (Å²) >= 11 is 68.9. The lowest BCUT2D eigenvalue weighted by Crippen LogP contribution is -2.78. The van der Waals surface area contributed by atoms with Crippen molar-refractivity contribution >= 4 is 128 Å². The predicted octanol–water partition coefficient (Wildman–Crippen LogP) is 6.09. The van der Waals surface area contributed by atoms with E-state index in [1.807, 2.05) is 0 Å². The lowest BCUT2D eigenvalue weighted by atomic mass is 9.81. The van der Waals surface area contributed by atoms with Gasteiger partial charge in [-0.3, -0.25) is 0 Å². The van der Waals surface area contributed by atoms with Crippen molar-refractivity contribution in [1.82, 2.24) is 9.97 Å². The molecule has 1 fully saturated rings. The second kappa shape index (κ2) is 6.29. The van der Waals surface area contributed by atoms with Crippen molar-refractivity contribution in [1.29, 1.82) is 0 Å². The van der Waals surface area contributed by atoms with Crippen LogP contribution in [-0.2, 0) is 4.87 Å². The molecule has 136 valence electrons. The Morgan fingerprint density at radius 2 is 1.08 bits per heavy atom. The average molecular weight is 557 g/mol. The van der Waals surface area contributed by atoms with Gasteiger partial charge in [-0.15, -0.1) is 11.6 Å². The van der Waals surface area contributed by atoms with E-state index in [1.54, 1.807) is 0 Å². The molecule has 1 aliphatic carbocycles. The SMILES string of the molecule is O=c1nccc(C2(Cl)C(Cl)(Cl)C(Cl)(Cl)C(Cl)(Cl)C(Cl)(Cl)C2(Cl)Cl)[nH]1. The van der Waals surface area contributed by atoms with E-state index in [1.165, 1.54) is 6.07 Å². The highest BCUT2D eigenvalue weighted by atomic mass is 35.6.